The van der Waals surface area contributed by atoms with E-state index in [-0.39, 0.29) is 11.9 Å². The Morgan fingerprint density at radius 1 is 1.43 bits per heavy atom. The van der Waals surface area contributed by atoms with Gasteiger partial charge in [-0.25, -0.2) is 0 Å². The van der Waals surface area contributed by atoms with Crippen LogP contribution in [0, 0.1) is 6.92 Å². The van der Waals surface area contributed by atoms with Crippen LogP contribution in [-0.4, -0.2) is 48.6 Å². The van der Waals surface area contributed by atoms with Gasteiger partial charge in [-0.3, -0.25) is 14.7 Å². The van der Waals surface area contributed by atoms with Crippen LogP contribution >= 0.6 is 11.3 Å². The quantitative estimate of drug-likeness (QED) is 0.913. The number of pyridine rings is 1. The molecule has 5 nitrogen and oxygen atoms in total. The summed E-state index contributed by atoms with van der Waals surface area (Å²) in [5, 5.41) is 6.98. The zero-order valence-corrected chi connectivity index (χ0v) is 14.0. The van der Waals surface area contributed by atoms with Crippen molar-refractivity contribution >= 4 is 17.2 Å². The number of aromatic nitrogens is 1. The number of nitrogens with one attached hydrogen (secondary N) is 1. The molecule has 0 bridgehead atoms. The molecule has 122 valence electrons. The summed E-state index contributed by atoms with van der Waals surface area (Å²) >= 11 is 1.56. The van der Waals surface area contributed by atoms with Crippen LogP contribution in [0.3, 0.4) is 0 Å². The van der Waals surface area contributed by atoms with Crippen molar-refractivity contribution in [1.29, 1.82) is 0 Å². The number of nitrogens with zero attached hydrogens (tertiary/aromatic N) is 2. The Kier molecular flexibility index (Phi) is 5.38. The maximum absolute atomic E-state index is 12.4. The van der Waals surface area contributed by atoms with Crippen molar-refractivity contribution in [2.24, 2.45) is 0 Å². The van der Waals surface area contributed by atoms with E-state index >= 15 is 0 Å². The molecule has 0 unspecified atom stereocenters. The van der Waals surface area contributed by atoms with Crippen LogP contribution in [0.15, 0.2) is 35.3 Å². The van der Waals surface area contributed by atoms with Crippen LogP contribution in [0.1, 0.15) is 27.5 Å². The summed E-state index contributed by atoms with van der Waals surface area (Å²) in [6.07, 6.45) is 3.65. The average Bonchev–Trinajstić information content (AvgIpc) is 3.03. The summed E-state index contributed by atoms with van der Waals surface area (Å²) in [4.78, 5) is 19.0. The third-order valence-corrected chi connectivity index (χ3v) is 4.97. The molecule has 1 fully saturated rings. The topological polar surface area (TPSA) is 54.5 Å². The van der Waals surface area contributed by atoms with E-state index in [1.807, 2.05) is 29.9 Å². The number of amides is 1. The smallest absolute Gasteiger partial charge is 0.252 e. The van der Waals surface area contributed by atoms with Gasteiger partial charge in [-0.15, -0.1) is 0 Å². The lowest BCUT2D eigenvalue weighted by Gasteiger charge is -2.34. The van der Waals surface area contributed by atoms with Crippen molar-refractivity contribution < 1.29 is 9.53 Å². The lowest BCUT2D eigenvalue weighted by Crippen LogP contribution is -2.43. The molecule has 1 aliphatic heterocycles. The first-order valence-electron chi connectivity index (χ1n) is 7.78. The highest BCUT2D eigenvalue weighted by atomic mass is 32.1. The lowest BCUT2D eigenvalue weighted by atomic mass is 10.1. The summed E-state index contributed by atoms with van der Waals surface area (Å²) in [5.41, 5.74) is 2.91. The maximum atomic E-state index is 12.4. The first kappa shape index (κ1) is 16.1. The van der Waals surface area contributed by atoms with Gasteiger partial charge in [-0.2, -0.15) is 11.3 Å². The normalized spacial score (nSPS) is 16.9. The predicted molar refractivity (Wildman–Crippen MR) is 90.8 cm³/mol. The fraction of sp³-hybridized carbons (Fsp3) is 0.412. The van der Waals surface area contributed by atoms with E-state index in [1.54, 1.807) is 17.5 Å². The van der Waals surface area contributed by atoms with Crippen molar-refractivity contribution in [2.75, 3.05) is 32.8 Å². The van der Waals surface area contributed by atoms with Gasteiger partial charge in [0.15, 0.2) is 0 Å². The van der Waals surface area contributed by atoms with Gasteiger partial charge in [0, 0.05) is 37.4 Å². The standard InChI is InChI=1S/C17H21N3O2S/c1-13-11-23-12-15(13)17(21)19-10-16(14-3-2-4-18-9-14)20-5-7-22-8-6-20/h2-4,9,11-12,16H,5-8,10H2,1H3,(H,19,21)/t16-/m0/s1. The van der Waals surface area contributed by atoms with Gasteiger partial charge < -0.3 is 10.1 Å². The maximum Gasteiger partial charge on any atom is 0.252 e. The first-order chi connectivity index (χ1) is 11.3. The number of ether oxygens (including phenoxy) is 1. The Morgan fingerprint density at radius 3 is 2.91 bits per heavy atom. The summed E-state index contributed by atoms with van der Waals surface area (Å²) in [5.74, 6) is -0.00843. The monoisotopic (exact) mass is 331 g/mol. The highest BCUT2D eigenvalue weighted by Gasteiger charge is 2.23. The van der Waals surface area contributed by atoms with E-state index in [2.05, 4.69) is 21.3 Å². The largest absolute Gasteiger partial charge is 0.379 e. The minimum absolute atomic E-state index is 0.00843. The molecule has 0 aromatic carbocycles. The lowest BCUT2D eigenvalue weighted by molar-refractivity contribution is 0.0161. The van der Waals surface area contributed by atoms with Crippen LogP contribution in [0.25, 0.3) is 0 Å². The van der Waals surface area contributed by atoms with Gasteiger partial charge in [0.2, 0.25) is 0 Å². The molecule has 2 aromatic heterocycles. The van der Waals surface area contributed by atoms with E-state index in [9.17, 15) is 4.79 Å². The third-order valence-electron chi connectivity index (χ3n) is 4.11. The Morgan fingerprint density at radius 2 is 2.26 bits per heavy atom. The molecule has 1 N–H and O–H groups in total. The van der Waals surface area contributed by atoms with Crippen molar-refractivity contribution in [2.45, 2.75) is 13.0 Å². The molecule has 3 heterocycles. The Balaban J connectivity index is 1.71. The number of hydrogen-bond donors (Lipinski definition) is 1. The van der Waals surface area contributed by atoms with Gasteiger partial charge in [0.1, 0.15) is 0 Å². The molecular weight excluding hydrogens is 310 g/mol. The van der Waals surface area contributed by atoms with Crippen LogP contribution in [0.2, 0.25) is 0 Å². The number of morpholine rings is 1. The van der Waals surface area contributed by atoms with Crippen LogP contribution < -0.4 is 5.32 Å². The molecule has 1 saturated heterocycles. The second kappa shape index (κ2) is 7.68. The summed E-state index contributed by atoms with van der Waals surface area (Å²) in [6, 6.07) is 4.12. The summed E-state index contributed by atoms with van der Waals surface area (Å²) in [6.45, 7) is 5.73. The molecule has 3 rings (SSSR count). The summed E-state index contributed by atoms with van der Waals surface area (Å²) in [7, 11) is 0. The molecule has 1 amide bonds. The SMILES string of the molecule is Cc1cscc1C(=O)NC[C@@H](c1cccnc1)N1CCOCC1. The number of carbonyl (C=O) groups excluding carboxylic acids is 1. The zero-order valence-electron chi connectivity index (χ0n) is 13.2. The van der Waals surface area contributed by atoms with E-state index in [1.165, 1.54) is 0 Å². The van der Waals surface area contributed by atoms with Crippen LogP contribution in [0.5, 0.6) is 0 Å². The van der Waals surface area contributed by atoms with E-state index in [4.69, 9.17) is 4.74 Å². The van der Waals surface area contributed by atoms with Gasteiger partial charge in [0.25, 0.3) is 5.91 Å². The van der Waals surface area contributed by atoms with E-state index in [0.717, 1.165) is 43.0 Å². The third kappa shape index (κ3) is 3.96. The van der Waals surface area contributed by atoms with Crippen molar-refractivity contribution in [1.82, 2.24) is 15.2 Å². The fourth-order valence-electron chi connectivity index (χ4n) is 2.80. The predicted octanol–water partition coefficient (Wildman–Crippen LogP) is 2.25. The van der Waals surface area contributed by atoms with E-state index < -0.39 is 0 Å². The van der Waals surface area contributed by atoms with Gasteiger partial charge in [-0.05, 0) is 29.5 Å². The highest BCUT2D eigenvalue weighted by Crippen LogP contribution is 2.21. The second-order valence-corrected chi connectivity index (χ2v) is 6.37. The number of carbonyl (C=O) groups is 1. The summed E-state index contributed by atoms with van der Waals surface area (Å²) < 4.78 is 5.44. The Bertz CT molecular complexity index is 638. The zero-order chi connectivity index (χ0) is 16.1. The van der Waals surface area contributed by atoms with Gasteiger partial charge in [0.05, 0.1) is 24.8 Å². The van der Waals surface area contributed by atoms with Crippen molar-refractivity contribution in [3.63, 3.8) is 0 Å². The van der Waals surface area contributed by atoms with Crippen LogP contribution in [-0.2, 0) is 4.74 Å². The van der Waals surface area contributed by atoms with E-state index in [0.29, 0.717) is 6.54 Å². The molecule has 2 aromatic rings. The minimum atomic E-state index is -0.00843. The first-order valence-corrected chi connectivity index (χ1v) is 8.72. The number of thiophene rings is 1. The molecule has 6 heteroatoms. The molecule has 0 spiro atoms. The second-order valence-electron chi connectivity index (χ2n) is 5.63. The van der Waals surface area contributed by atoms with Crippen LogP contribution in [0.4, 0.5) is 0 Å². The molecule has 0 saturated carbocycles. The average molecular weight is 331 g/mol. The molecular formula is C17H21N3O2S. The fourth-order valence-corrected chi connectivity index (χ4v) is 3.63. The van der Waals surface area contributed by atoms with Crippen molar-refractivity contribution in [3.05, 3.63) is 52.0 Å². The molecule has 0 radical (unpaired) electrons. The number of hydrogen-bond acceptors (Lipinski definition) is 5. The van der Waals surface area contributed by atoms with Gasteiger partial charge >= 0.3 is 0 Å². The molecule has 23 heavy (non-hydrogen) atoms. The Labute approximate surface area is 140 Å². The number of aryl methyl sites for hydroxylation is 1. The minimum Gasteiger partial charge on any atom is -0.379 e. The molecule has 0 aliphatic carbocycles. The Hall–Kier alpha value is -1.76. The van der Waals surface area contributed by atoms with Crippen molar-refractivity contribution in [3.8, 4) is 0 Å². The van der Waals surface area contributed by atoms with Gasteiger partial charge in [-0.1, -0.05) is 6.07 Å². The highest BCUT2D eigenvalue weighted by molar-refractivity contribution is 7.08. The number of rotatable bonds is 5. The molecule has 1 atom stereocenters. The molecule has 1 aliphatic rings.